The largest absolute Gasteiger partial charge is 0.484 e. The Bertz CT molecular complexity index is 799. The molecule has 0 bridgehead atoms. The van der Waals surface area contributed by atoms with Gasteiger partial charge >= 0.3 is 0 Å². The van der Waals surface area contributed by atoms with Gasteiger partial charge in [0.25, 0.3) is 17.1 Å². The molecule has 2 fully saturated rings. The zero-order valence-electron chi connectivity index (χ0n) is 15.6. The number of hydrogen-bond acceptors (Lipinski definition) is 6. The maximum atomic E-state index is 12.4. The van der Waals surface area contributed by atoms with E-state index in [2.05, 4.69) is 6.58 Å². The highest BCUT2D eigenvalue weighted by Gasteiger charge is 2.37. The van der Waals surface area contributed by atoms with Crippen molar-refractivity contribution in [1.82, 2.24) is 9.80 Å². The smallest absolute Gasteiger partial charge is 0.294 e. The molecule has 2 heterocycles. The van der Waals surface area contributed by atoms with Crippen molar-refractivity contribution < 1.29 is 23.9 Å². The zero-order valence-corrected chi connectivity index (χ0v) is 16.4. The van der Waals surface area contributed by atoms with E-state index in [1.54, 1.807) is 48.2 Å². The Hall–Kier alpha value is -2.58. The summed E-state index contributed by atoms with van der Waals surface area (Å²) in [4.78, 5) is 39.8. The summed E-state index contributed by atoms with van der Waals surface area (Å²) in [7, 11) is 0. The highest BCUT2D eigenvalue weighted by Crippen LogP contribution is 2.33. The number of carbonyl (C=O) groups excluding carboxylic acids is 3. The third-order valence-electron chi connectivity index (χ3n) is 4.48. The number of hydrogen-bond donors (Lipinski definition) is 0. The van der Waals surface area contributed by atoms with Gasteiger partial charge in [-0.3, -0.25) is 19.3 Å². The molecular formula is C20H22N2O5S. The SMILES string of the molecule is C=C[C@@H](C)N1C(=O)S/C(=C\c2ccc(OCC(=O)N3CCOCC3)cc2)C1=O. The van der Waals surface area contributed by atoms with E-state index in [4.69, 9.17) is 9.47 Å². The molecule has 0 aromatic heterocycles. The molecule has 3 rings (SSSR count). The van der Waals surface area contributed by atoms with Gasteiger partial charge in [0.1, 0.15) is 5.75 Å². The first-order chi connectivity index (χ1) is 13.5. The van der Waals surface area contributed by atoms with Crippen LogP contribution in [0.2, 0.25) is 0 Å². The van der Waals surface area contributed by atoms with Gasteiger partial charge in [-0.25, -0.2) is 0 Å². The molecule has 0 spiro atoms. The summed E-state index contributed by atoms with van der Waals surface area (Å²) in [6.45, 7) is 7.62. The summed E-state index contributed by atoms with van der Waals surface area (Å²) in [6.07, 6.45) is 3.23. The van der Waals surface area contributed by atoms with Gasteiger partial charge in [-0.1, -0.05) is 18.2 Å². The van der Waals surface area contributed by atoms with E-state index in [1.165, 1.54) is 4.90 Å². The Morgan fingerprint density at radius 1 is 1.29 bits per heavy atom. The molecule has 1 atom stereocenters. The van der Waals surface area contributed by atoms with Crippen molar-refractivity contribution in [2.24, 2.45) is 0 Å². The molecule has 28 heavy (non-hydrogen) atoms. The summed E-state index contributed by atoms with van der Waals surface area (Å²) in [5.74, 6) is 0.170. The first kappa shape index (κ1) is 20.2. The molecule has 0 unspecified atom stereocenters. The Morgan fingerprint density at radius 2 is 1.96 bits per heavy atom. The zero-order chi connectivity index (χ0) is 20.1. The predicted octanol–water partition coefficient (Wildman–Crippen LogP) is 2.54. The van der Waals surface area contributed by atoms with Gasteiger partial charge in [0.15, 0.2) is 6.61 Å². The van der Waals surface area contributed by atoms with Crippen molar-refractivity contribution in [2.45, 2.75) is 13.0 Å². The van der Waals surface area contributed by atoms with Crippen LogP contribution in [-0.4, -0.2) is 65.8 Å². The van der Waals surface area contributed by atoms with Gasteiger partial charge in [-0.05, 0) is 42.5 Å². The van der Waals surface area contributed by atoms with Gasteiger partial charge < -0.3 is 14.4 Å². The minimum Gasteiger partial charge on any atom is -0.484 e. The standard InChI is InChI=1S/C20H22N2O5S/c1-3-14(2)22-19(24)17(28-20(22)25)12-15-4-6-16(7-5-15)27-13-18(23)21-8-10-26-11-9-21/h3-7,12,14H,1,8-11,13H2,2H3/b17-12-/t14-/m1/s1. The number of rotatable bonds is 6. The van der Waals surface area contributed by atoms with Crippen LogP contribution in [0.15, 0.2) is 41.8 Å². The number of ether oxygens (including phenoxy) is 2. The molecule has 2 saturated heterocycles. The van der Waals surface area contributed by atoms with E-state index in [1.807, 2.05) is 0 Å². The maximum absolute atomic E-state index is 12.4. The van der Waals surface area contributed by atoms with Crippen LogP contribution in [0.3, 0.4) is 0 Å². The summed E-state index contributed by atoms with van der Waals surface area (Å²) in [5.41, 5.74) is 0.767. The average Bonchev–Trinajstić information content (AvgIpc) is 3.00. The maximum Gasteiger partial charge on any atom is 0.294 e. The Labute approximate surface area is 168 Å². The minimum atomic E-state index is -0.349. The van der Waals surface area contributed by atoms with Crippen molar-refractivity contribution in [3.8, 4) is 5.75 Å². The molecule has 1 aromatic rings. The summed E-state index contributed by atoms with van der Waals surface area (Å²) >= 11 is 0.914. The molecule has 0 N–H and O–H groups in total. The Balaban J connectivity index is 1.59. The van der Waals surface area contributed by atoms with E-state index in [9.17, 15) is 14.4 Å². The van der Waals surface area contributed by atoms with E-state index in [0.29, 0.717) is 37.0 Å². The molecule has 3 amide bonds. The lowest BCUT2D eigenvalue weighted by molar-refractivity contribution is -0.137. The normalized spacial score (nSPS) is 19.8. The average molecular weight is 402 g/mol. The Kier molecular flexibility index (Phi) is 6.53. The quantitative estimate of drug-likeness (QED) is 0.538. The third kappa shape index (κ3) is 4.63. The number of benzene rings is 1. The molecule has 148 valence electrons. The molecule has 1 aromatic carbocycles. The van der Waals surface area contributed by atoms with Crippen LogP contribution >= 0.6 is 11.8 Å². The van der Waals surface area contributed by atoms with E-state index in [-0.39, 0.29) is 29.7 Å². The van der Waals surface area contributed by atoms with Crippen molar-refractivity contribution in [1.29, 1.82) is 0 Å². The van der Waals surface area contributed by atoms with Gasteiger partial charge in [-0.2, -0.15) is 0 Å². The highest BCUT2D eigenvalue weighted by atomic mass is 32.2. The molecule has 7 nitrogen and oxygen atoms in total. The number of nitrogens with zero attached hydrogens (tertiary/aromatic N) is 2. The monoisotopic (exact) mass is 402 g/mol. The predicted molar refractivity (Wildman–Crippen MR) is 107 cm³/mol. The number of thioether (sulfide) groups is 1. The molecule has 2 aliphatic rings. The topological polar surface area (TPSA) is 76.2 Å². The summed E-state index contributed by atoms with van der Waals surface area (Å²) < 4.78 is 10.8. The van der Waals surface area contributed by atoms with Crippen LogP contribution in [0.1, 0.15) is 12.5 Å². The number of imide groups is 1. The first-order valence-electron chi connectivity index (χ1n) is 8.97. The van der Waals surface area contributed by atoms with Crippen LogP contribution in [0.25, 0.3) is 6.08 Å². The molecule has 0 saturated carbocycles. The van der Waals surface area contributed by atoms with Crippen molar-refractivity contribution in [3.05, 3.63) is 47.4 Å². The van der Waals surface area contributed by atoms with Crippen LogP contribution in [0, 0.1) is 0 Å². The number of morpholine rings is 1. The van der Waals surface area contributed by atoms with Gasteiger partial charge in [0.05, 0.1) is 24.2 Å². The van der Waals surface area contributed by atoms with Gasteiger partial charge in [0, 0.05) is 13.1 Å². The number of amides is 3. The van der Waals surface area contributed by atoms with E-state index in [0.717, 1.165) is 17.3 Å². The minimum absolute atomic E-state index is 0.0301. The Morgan fingerprint density at radius 3 is 2.61 bits per heavy atom. The molecule has 8 heteroatoms. The second-order valence-corrected chi connectivity index (χ2v) is 7.37. The van der Waals surface area contributed by atoms with Crippen molar-refractivity contribution in [3.63, 3.8) is 0 Å². The van der Waals surface area contributed by atoms with Crippen LogP contribution in [-0.2, 0) is 14.3 Å². The van der Waals surface area contributed by atoms with E-state index >= 15 is 0 Å². The van der Waals surface area contributed by atoms with Crippen molar-refractivity contribution in [2.75, 3.05) is 32.9 Å². The first-order valence-corrected chi connectivity index (χ1v) is 9.79. The molecule has 0 radical (unpaired) electrons. The van der Waals surface area contributed by atoms with Gasteiger partial charge in [-0.15, -0.1) is 6.58 Å². The fourth-order valence-electron chi connectivity index (χ4n) is 2.80. The lowest BCUT2D eigenvalue weighted by atomic mass is 10.2. The number of carbonyl (C=O) groups is 3. The highest BCUT2D eigenvalue weighted by molar-refractivity contribution is 8.18. The second kappa shape index (κ2) is 9.07. The van der Waals surface area contributed by atoms with E-state index < -0.39 is 0 Å². The lowest BCUT2D eigenvalue weighted by Crippen LogP contribution is -2.42. The van der Waals surface area contributed by atoms with Crippen LogP contribution in [0.5, 0.6) is 5.75 Å². The summed E-state index contributed by atoms with van der Waals surface area (Å²) in [6, 6.07) is 6.67. The van der Waals surface area contributed by atoms with Crippen LogP contribution < -0.4 is 4.74 Å². The van der Waals surface area contributed by atoms with Crippen LogP contribution in [0.4, 0.5) is 4.79 Å². The fraction of sp³-hybridized carbons (Fsp3) is 0.350. The summed E-state index contributed by atoms with van der Waals surface area (Å²) in [5, 5.41) is -0.301. The lowest BCUT2D eigenvalue weighted by Gasteiger charge is -2.26. The molecule has 2 aliphatic heterocycles. The molecular weight excluding hydrogens is 380 g/mol. The third-order valence-corrected chi connectivity index (χ3v) is 5.36. The molecule has 0 aliphatic carbocycles. The second-order valence-electron chi connectivity index (χ2n) is 6.38. The van der Waals surface area contributed by atoms with Crippen molar-refractivity contribution >= 4 is 34.9 Å². The van der Waals surface area contributed by atoms with Gasteiger partial charge in [0.2, 0.25) is 0 Å². The fourth-order valence-corrected chi connectivity index (χ4v) is 3.71.